The standard InChI is InChI=1S/C20H23FN2O3S/c1-14-7-2-4-11-18(14)22-20(24)15-8-6-9-16(13-15)27(25,26)23-19-12-5-3-10-17(19)21/h3,5-6,8-10,12-14,18,23H,2,4,7,11H2,1H3,(H,22,24)/t14-,18+/m0/s1. The lowest BCUT2D eigenvalue weighted by Gasteiger charge is -2.29. The highest BCUT2D eigenvalue weighted by atomic mass is 32.2. The molecule has 27 heavy (non-hydrogen) atoms. The first-order valence-electron chi connectivity index (χ1n) is 9.05. The predicted molar refractivity (Wildman–Crippen MR) is 103 cm³/mol. The van der Waals surface area contributed by atoms with E-state index in [0.717, 1.165) is 19.3 Å². The third-order valence-electron chi connectivity index (χ3n) is 4.95. The molecule has 0 bridgehead atoms. The average molecular weight is 390 g/mol. The minimum absolute atomic E-state index is 0.0879. The highest BCUT2D eigenvalue weighted by molar-refractivity contribution is 7.92. The van der Waals surface area contributed by atoms with Gasteiger partial charge in [-0.3, -0.25) is 9.52 Å². The van der Waals surface area contributed by atoms with Gasteiger partial charge in [-0.25, -0.2) is 12.8 Å². The van der Waals surface area contributed by atoms with Crippen molar-refractivity contribution in [2.75, 3.05) is 4.72 Å². The molecule has 2 aromatic carbocycles. The molecule has 0 unspecified atom stereocenters. The van der Waals surface area contributed by atoms with Crippen LogP contribution in [0, 0.1) is 11.7 Å². The van der Waals surface area contributed by atoms with Crippen molar-refractivity contribution >= 4 is 21.6 Å². The Morgan fingerprint density at radius 1 is 1.07 bits per heavy atom. The number of nitrogens with one attached hydrogen (secondary N) is 2. The maximum absolute atomic E-state index is 13.7. The molecule has 2 atom stereocenters. The molecular formula is C20H23FN2O3S. The molecule has 3 rings (SSSR count). The van der Waals surface area contributed by atoms with Crippen molar-refractivity contribution in [2.24, 2.45) is 5.92 Å². The molecule has 1 fully saturated rings. The van der Waals surface area contributed by atoms with Crippen LogP contribution in [0.4, 0.5) is 10.1 Å². The molecule has 0 aromatic heterocycles. The zero-order chi connectivity index (χ0) is 19.4. The molecule has 0 aliphatic heterocycles. The summed E-state index contributed by atoms with van der Waals surface area (Å²) in [6.45, 7) is 2.11. The average Bonchev–Trinajstić information content (AvgIpc) is 2.65. The number of hydrogen-bond donors (Lipinski definition) is 2. The van der Waals surface area contributed by atoms with E-state index in [1.807, 2.05) is 0 Å². The number of carbonyl (C=O) groups excluding carboxylic acids is 1. The first-order chi connectivity index (χ1) is 12.9. The zero-order valence-corrected chi connectivity index (χ0v) is 15.9. The summed E-state index contributed by atoms with van der Waals surface area (Å²) in [7, 11) is -4.01. The molecule has 0 radical (unpaired) electrons. The van der Waals surface area contributed by atoms with Crippen LogP contribution in [-0.4, -0.2) is 20.4 Å². The van der Waals surface area contributed by atoms with Gasteiger partial charge < -0.3 is 5.32 Å². The number of carbonyl (C=O) groups is 1. The van der Waals surface area contributed by atoms with Crippen LogP contribution in [0.25, 0.3) is 0 Å². The van der Waals surface area contributed by atoms with Crippen LogP contribution >= 0.6 is 0 Å². The summed E-state index contributed by atoms with van der Waals surface area (Å²) < 4.78 is 41.1. The van der Waals surface area contributed by atoms with Crippen molar-refractivity contribution in [2.45, 2.75) is 43.5 Å². The van der Waals surface area contributed by atoms with Crippen molar-refractivity contribution in [3.63, 3.8) is 0 Å². The number of amides is 1. The van der Waals surface area contributed by atoms with Crippen LogP contribution in [-0.2, 0) is 10.0 Å². The number of hydrogen-bond acceptors (Lipinski definition) is 3. The number of para-hydroxylation sites is 1. The second-order valence-corrected chi connectivity index (χ2v) is 8.64. The summed E-state index contributed by atoms with van der Waals surface area (Å²) in [4.78, 5) is 12.5. The zero-order valence-electron chi connectivity index (χ0n) is 15.1. The van der Waals surface area contributed by atoms with Crippen molar-refractivity contribution in [3.8, 4) is 0 Å². The molecule has 5 nitrogen and oxygen atoms in total. The Bertz CT molecular complexity index is 930. The van der Waals surface area contributed by atoms with E-state index in [1.165, 1.54) is 48.9 Å². The molecule has 0 heterocycles. The van der Waals surface area contributed by atoms with Crippen molar-refractivity contribution in [1.82, 2.24) is 5.32 Å². The monoisotopic (exact) mass is 390 g/mol. The highest BCUT2D eigenvalue weighted by Gasteiger charge is 2.24. The fourth-order valence-electron chi connectivity index (χ4n) is 3.33. The van der Waals surface area contributed by atoms with Crippen LogP contribution in [0.3, 0.4) is 0 Å². The molecule has 1 amide bonds. The van der Waals surface area contributed by atoms with Crippen molar-refractivity contribution < 1.29 is 17.6 Å². The number of benzene rings is 2. The SMILES string of the molecule is C[C@H]1CCCC[C@H]1NC(=O)c1cccc(S(=O)(=O)Nc2ccccc2F)c1. The number of sulfonamides is 1. The van der Waals surface area contributed by atoms with E-state index in [-0.39, 0.29) is 28.1 Å². The Balaban J connectivity index is 1.78. The molecule has 2 N–H and O–H groups in total. The lowest BCUT2D eigenvalue weighted by molar-refractivity contribution is 0.0910. The minimum Gasteiger partial charge on any atom is -0.349 e. The number of rotatable bonds is 5. The van der Waals surface area contributed by atoms with Crippen LogP contribution in [0.5, 0.6) is 0 Å². The predicted octanol–water partition coefficient (Wildman–Crippen LogP) is 3.94. The lowest BCUT2D eigenvalue weighted by Crippen LogP contribution is -2.41. The van der Waals surface area contributed by atoms with E-state index in [0.29, 0.717) is 5.92 Å². The maximum Gasteiger partial charge on any atom is 0.262 e. The van der Waals surface area contributed by atoms with Crippen molar-refractivity contribution in [3.05, 3.63) is 59.9 Å². The van der Waals surface area contributed by atoms with Crippen LogP contribution < -0.4 is 10.0 Å². The number of anilines is 1. The Hall–Kier alpha value is -2.41. The second kappa shape index (κ2) is 8.08. The second-order valence-electron chi connectivity index (χ2n) is 6.95. The molecule has 1 saturated carbocycles. The van der Waals surface area contributed by atoms with E-state index in [9.17, 15) is 17.6 Å². The Morgan fingerprint density at radius 3 is 2.56 bits per heavy atom. The van der Waals surface area contributed by atoms with E-state index in [2.05, 4.69) is 17.0 Å². The largest absolute Gasteiger partial charge is 0.349 e. The topological polar surface area (TPSA) is 75.3 Å². The van der Waals surface area contributed by atoms with Gasteiger partial charge in [0, 0.05) is 11.6 Å². The molecule has 144 valence electrons. The van der Waals surface area contributed by atoms with Gasteiger partial charge in [-0.05, 0) is 49.1 Å². The van der Waals surface area contributed by atoms with Crippen LogP contribution in [0.15, 0.2) is 53.4 Å². The molecular weight excluding hydrogens is 367 g/mol. The Morgan fingerprint density at radius 2 is 1.81 bits per heavy atom. The molecule has 1 aliphatic rings. The summed E-state index contributed by atoms with van der Waals surface area (Å²) in [5, 5.41) is 3.01. The summed E-state index contributed by atoms with van der Waals surface area (Å²) in [6.07, 6.45) is 4.25. The Labute approximate surface area is 159 Å². The number of halogens is 1. The molecule has 2 aromatic rings. The summed E-state index contributed by atoms with van der Waals surface area (Å²) in [5.74, 6) is -0.560. The molecule has 0 spiro atoms. The fourth-order valence-corrected chi connectivity index (χ4v) is 4.45. The van der Waals surface area contributed by atoms with E-state index in [1.54, 1.807) is 6.07 Å². The van der Waals surface area contributed by atoms with Gasteiger partial charge in [-0.1, -0.05) is 38.0 Å². The smallest absolute Gasteiger partial charge is 0.262 e. The summed E-state index contributed by atoms with van der Waals surface area (Å²) in [6, 6.07) is 11.4. The Kier molecular flexibility index (Phi) is 5.79. The van der Waals surface area contributed by atoms with E-state index in [4.69, 9.17) is 0 Å². The van der Waals surface area contributed by atoms with Gasteiger partial charge in [-0.15, -0.1) is 0 Å². The minimum atomic E-state index is -4.01. The third-order valence-corrected chi connectivity index (χ3v) is 6.32. The first-order valence-corrected chi connectivity index (χ1v) is 10.5. The normalized spacial score (nSPS) is 20.1. The summed E-state index contributed by atoms with van der Waals surface area (Å²) in [5.41, 5.74) is 0.132. The highest BCUT2D eigenvalue weighted by Crippen LogP contribution is 2.24. The van der Waals surface area contributed by atoms with Crippen molar-refractivity contribution in [1.29, 1.82) is 0 Å². The van der Waals surface area contributed by atoms with Gasteiger partial charge in [0.2, 0.25) is 0 Å². The van der Waals surface area contributed by atoms with Gasteiger partial charge in [0.25, 0.3) is 15.9 Å². The van der Waals surface area contributed by atoms with Gasteiger partial charge in [0.15, 0.2) is 0 Å². The quantitative estimate of drug-likeness (QED) is 0.812. The van der Waals surface area contributed by atoms with Gasteiger partial charge in [0.1, 0.15) is 5.82 Å². The maximum atomic E-state index is 13.7. The van der Waals surface area contributed by atoms with E-state index < -0.39 is 15.8 Å². The van der Waals surface area contributed by atoms with Gasteiger partial charge in [0.05, 0.1) is 10.6 Å². The third kappa shape index (κ3) is 4.66. The molecule has 0 saturated heterocycles. The summed E-state index contributed by atoms with van der Waals surface area (Å²) >= 11 is 0. The molecule has 1 aliphatic carbocycles. The molecule has 7 heteroatoms. The van der Waals surface area contributed by atoms with Gasteiger partial charge in [-0.2, -0.15) is 0 Å². The fraction of sp³-hybridized carbons (Fsp3) is 0.350. The van der Waals surface area contributed by atoms with E-state index >= 15 is 0 Å². The van der Waals surface area contributed by atoms with Crippen LogP contribution in [0.1, 0.15) is 43.0 Å². The lowest BCUT2D eigenvalue weighted by atomic mass is 9.86. The first kappa shape index (κ1) is 19.4. The van der Waals surface area contributed by atoms with Gasteiger partial charge >= 0.3 is 0 Å². The van der Waals surface area contributed by atoms with Crippen LogP contribution in [0.2, 0.25) is 0 Å².